The Morgan fingerprint density at radius 3 is 1.81 bits per heavy atom. The molecule has 1 unspecified atom stereocenters. The second kappa shape index (κ2) is 11.1. The predicted molar refractivity (Wildman–Crippen MR) is 196 cm³/mol. The van der Waals surface area contributed by atoms with Gasteiger partial charge in [-0.3, -0.25) is 4.57 Å². The van der Waals surface area contributed by atoms with Crippen LogP contribution >= 0.6 is 0 Å². The van der Waals surface area contributed by atoms with Crippen molar-refractivity contribution in [1.82, 2.24) is 19.5 Å². The van der Waals surface area contributed by atoms with Crippen molar-refractivity contribution >= 4 is 21.8 Å². The van der Waals surface area contributed by atoms with Crippen molar-refractivity contribution in [1.29, 1.82) is 0 Å². The summed E-state index contributed by atoms with van der Waals surface area (Å²) in [7, 11) is 0. The number of hydrogen-bond donors (Lipinski definition) is 0. The van der Waals surface area contributed by atoms with Crippen LogP contribution in [-0.2, 0) is 11.8 Å². The van der Waals surface area contributed by atoms with Gasteiger partial charge in [0.05, 0.1) is 11.0 Å². The Morgan fingerprint density at radius 1 is 0.542 bits per heavy atom. The summed E-state index contributed by atoms with van der Waals surface area (Å²) in [5, 5.41) is 2.40. The molecule has 2 aromatic heterocycles. The first-order valence-corrected chi connectivity index (χ1v) is 16.6. The second-order valence-electron chi connectivity index (χ2n) is 13.3. The molecule has 0 spiro atoms. The van der Waals surface area contributed by atoms with E-state index >= 15 is 0 Å². The van der Waals surface area contributed by atoms with E-state index in [0.29, 0.717) is 17.6 Å². The highest BCUT2D eigenvalue weighted by atomic mass is 15.2. The highest BCUT2D eigenvalue weighted by molar-refractivity contribution is 6.09. The summed E-state index contributed by atoms with van der Waals surface area (Å²) >= 11 is 0. The first kappa shape index (κ1) is 28.4. The van der Waals surface area contributed by atoms with E-state index in [-0.39, 0.29) is 11.3 Å². The average Bonchev–Trinajstić information content (AvgIpc) is 3.43. The molecule has 0 radical (unpaired) electrons. The summed E-state index contributed by atoms with van der Waals surface area (Å²) in [6, 6.07) is 53.9. The zero-order chi connectivity index (χ0) is 32.2. The van der Waals surface area contributed by atoms with E-state index in [0.717, 1.165) is 28.6 Å². The third-order valence-electron chi connectivity index (χ3n) is 10.1. The zero-order valence-corrected chi connectivity index (χ0v) is 27.0. The van der Waals surface area contributed by atoms with Gasteiger partial charge in [0.15, 0.2) is 11.6 Å². The largest absolute Gasteiger partial charge is 0.278 e. The average molecular weight is 619 g/mol. The van der Waals surface area contributed by atoms with Gasteiger partial charge in [-0.15, -0.1) is 0 Å². The second-order valence-corrected chi connectivity index (χ2v) is 13.3. The molecule has 2 heterocycles. The van der Waals surface area contributed by atoms with Crippen molar-refractivity contribution in [3.05, 3.63) is 179 Å². The molecular formula is C44H34N4. The van der Waals surface area contributed by atoms with Crippen molar-refractivity contribution in [2.45, 2.75) is 31.6 Å². The van der Waals surface area contributed by atoms with Crippen LogP contribution in [0.25, 0.3) is 50.5 Å². The van der Waals surface area contributed by atoms with Gasteiger partial charge in [-0.25, -0.2) is 4.98 Å². The number of rotatable bonds is 4. The van der Waals surface area contributed by atoms with E-state index in [2.05, 4.69) is 134 Å². The molecule has 4 nitrogen and oxygen atoms in total. The summed E-state index contributed by atoms with van der Waals surface area (Å²) in [6.45, 7) is 4.75. The number of hydrogen-bond acceptors (Lipinski definition) is 3. The molecule has 1 aliphatic rings. The minimum atomic E-state index is -0.228. The molecule has 0 fully saturated rings. The maximum absolute atomic E-state index is 5.17. The molecule has 0 amide bonds. The fourth-order valence-electron chi connectivity index (χ4n) is 7.75. The van der Waals surface area contributed by atoms with Gasteiger partial charge in [0.1, 0.15) is 0 Å². The van der Waals surface area contributed by atoms with Gasteiger partial charge in [0.25, 0.3) is 0 Å². The topological polar surface area (TPSA) is 43.6 Å². The summed E-state index contributed by atoms with van der Waals surface area (Å²) < 4.78 is 2.24. The molecule has 0 saturated carbocycles. The zero-order valence-electron chi connectivity index (χ0n) is 27.0. The molecule has 1 atom stereocenters. The molecule has 230 valence electrons. The normalized spacial score (nSPS) is 15.2. The molecule has 0 saturated heterocycles. The molecule has 0 aliphatic heterocycles. The molecule has 4 heteroatoms. The predicted octanol–water partition coefficient (Wildman–Crippen LogP) is 10.3. The van der Waals surface area contributed by atoms with Crippen LogP contribution in [0.3, 0.4) is 0 Å². The van der Waals surface area contributed by atoms with Crippen molar-refractivity contribution in [2.75, 3.05) is 0 Å². The minimum Gasteiger partial charge on any atom is -0.278 e. The Kier molecular flexibility index (Phi) is 6.58. The van der Waals surface area contributed by atoms with Crippen molar-refractivity contribution in [2.24, 2.45) is 0 Å². The van der Waals surface area contributed by atoms with Crippen LogP contribution in [-0.4, -0.2) is 19.5 Å². The molecule has 8 aromatic rings. The number of benzene rings is 6. The Morgan fingerprint density at radius 2 is 1.12 bits per heavy atom. The standard InChI is InChI=1S/C44H34N4/c1-44(2)37-24-14-12-22-33(37)35(29-16-6-3-7-17-29)26-32-27-36-34-23-13-15-25-39(34)48(40(36)28-38(32)44)43-46-41(30-18-8-4-9-19-30)45-42(47-43)31-20-10-5-11-21-31/h3-25,27-28,35H,26H2,1-2H3. The molecule has 1 aliphatic carbocycles. The Labute approximate surface area is 280 Å². The van der Waals surface area contributed by atoms with Crippen LogP contribution in [0, 0.1) is 0 Å². The van der Waals surface area contributed by atoms with Crippen LogP contribution in [0.5, 0.6) is 0 Å². The van der Waals surface area contributed by atoms with E-state index in [9.17, 15) is 0 Å². The highest BCUT2D eigenvalue weighted by Crippen LogP contribution is 2.47. The Bertz CT molecular complexity index is 2390. The van der Waals surface area contributed by atoms with E-state index in [1.54, 1.807) is 0 Å². The molecule has 0 N–H and O–H groups in total. The maximum Gasteiger partial charge on any atom is 0.238 e. The number of para-hydroxylation sites is 1. The first-order chi connectivity index (χ1) is 23.6. The van der Waals surface area contributed by atoms with Crippen LogP contribution < -0.4 is 0 Å². The van der Waals surface area contributed by atoms with Gasteiger partial charge < -0.3 is 0 Å². The summed E-state index contributed by atoms with van der Waals surface area (Å²) in [5.74, 6) is 2.18. The van der Waals surface area contributed by atoms with Gasteiger partial charge in [-0.1, -0.05) is 147 Å². The Hall–Kier alpha value is -5.87. The fraction of sp³-hybridized carbons (Fsp3) is 0.114. The fourth-order valence-corrected chi connectivity index (χ4v) is 7.75. The first-order valence-electron chi connectivity index (χ1n) is 16.6. The Balaban J connectivity index is 1.34. The smallest absolute Gasteiger partial charge is 0.238 e. The van der Waals surface area contributed by atoms with E-state index in [4.69, 9.17) is 15.0 Å². The molecule has 6 aromatic carbocycles. The summed E-state index contributed by atoms with van der Waals surface area (Å²) in [6.07, 6.45) is 0.928. The molecule has 0 bridgehead atoms. The van der Waals surface area contributed by atoms with Crippen LogP contribution in [0.1, 0.15) is 47.6 Å². The molecule has 9 rings (SSSR count). The van der Waals surface area contributed by atoms with Crippen molar-refractivity contribution in [3.63, 3.8) is 0 Å². The molecular weight excluding hydrogens is 585 g/mol. The van der Waals surface area contributed by atoms with Gasteiger partial charge in [-0.2, -0.15) is 9.97 Å². The lowest BCUT2D eigenvalue weighted by Gasteiger charge is -2.29. The third kappa shape index (κ3) is 4.56. The molecule has 48 heavy (non-hydrogen) atoms. The minimum absolute atomic E-state index is 0.228. The highest BCUT2D eigenvalue weighted by Gasteiger charge is 2.35. The summed E-state index contributed by atoms with van der Waals surface area (Å²) in [5.41, 5.74) is 10.7. The number of fused-ring (bicyclic) bond motifs is 5. The van der Waals surface area contributed by atoms with Crippen LogP contribution in [0.2, 0.25) is 0 Å². The van der Waals surface area contributed by atoms with Gasteiger partial charge in [-0.05, 0) is 52.4 Å². The number of nitrogens with zero attached hydrogens (tertiary/aromatic N) is 4. The monoisotopic (exact) mass is 618 g/mol. The van der Waals surface area contributed by atoms with Gasteiger partial charge in [0.2, 0.25) is 5.95 Å². The lowest BCUT2D eigenvalue weighted by atomic mass is 9.75. The quantitative estimate of drug-likeness (QED) is 0.197. The third-order valence-corrected chi connectivity index (χ3v) is 10.1. The lowest BCUT2D eigenvalue weighted by Crippen LogP contribution is -2.21. The van der Waals surface area contributed by atoms with Crippen LogP contribution in [0.15, 0.2) is 152 Å². The summed E-state index contributed by atoms with van der Waals surface area (Å²) in [4.78, 5) is 15.3. The van der Waals surface area contributed by atoms with E-state index in [1.165, 1.54) is 38.6 Å². The van der Waals surface area contributed by atoms with Crippen LogP contribution in [0.4, 0.5) is 0 Å². The number of aromatic nitrogens is 4. The van der Waals surface area contributed by atoms with E-state index in [1.807, 2.05) is 36.4 Å². The van der Waals surface area contributed by atoms with Crippen molar-refractivity contribution in [3.8, 4) is 28.7 Å². The maximum atomic E-state index is 5.17. The van der Waals surface area contributed by atoms with E-state index < -0.39 is 0 Å². The van der Waals surface area contributed by atoms with Gasteiger partial charge >= 0.3 is 0 Å². The van der Waals surface area contributed by atoms with Gasteiger partial charge in [0, 0.05) is 33.2 Å². The SMILES string of the molecule is CC1(C)c2cc3c(cc2CC(c2ccccc2)c2ccccc21)c1ccccc1n3-c1nc(-c2ccccc2)nc(-c2ccccc2)n1. The van der Waals surface area contributed by atoms with Crippen molar-refractivity contribution < 1.29 is 0 Å². The lowest BCUT2D eigenvalue weighted by molar-refractivity contribution is 0.636.